The Morgan fingerprint density at radius 3 is 2.60 bits per heavy atom. The summed E-state index contributed by atoms with van der Waals surface area (Å²) in [5.74, 6) is -0.0533. The lowest BCUT2D eigenvalue weighted by molar-refractivity contribution is 0.145. The van der Waals surface area contributed by atoms with Gasteiger partial charge in [-0.2, -0.15) is 5.26 Å². The van der Waals surface area contributed by atoms with E-state index in [1.165, 1.54) is 0 Å². The smallest absolute Gasteiger partial charge is 0.183 e. The van der Waals surface area contributed by atoms with Crippen LogP contribution in [0.15, 0.2) is 4.90 Å². The fourth-order valence-corrected chi connectivity index (χ4v) is 4.88. The molecule has 8 heteroatoms. The normalized spacial score (nSPS) is 17.1. The molecule has 1 saturated heterocycles. The minimum Gasteiger partial charge on any atom is -0.396 e. The van der Waals surface area contributed by atoms with E-state index in [1.807, 2.05) is 11.0 Å². The van der Waals surface area contributed by atoms with Crippen LogP contribution in [0.25, 0.3) is 0 Å². The molecule has 1 aromatic rings. The summed E-state index contributed by atoms with van der Waals surface area (Å²) in [5.41, 5.74) is 5.90. The minimum atomic E-state index is -3.48. The van der Waals surface area contributed by atoms with Crippen LogP contribution < -0.4 is 10.6 Å². The molecule has 2 rings (SSSR count). The minimum absolute atomic E-state index is 0.0533. The zero-order chi connectivity index (χ0) is 14.9. The van der Waals surface area contributed by atoms with Crippen molar-refractivity contribution in [1.29, 1.82) is 5.26 Å². The first-order chi connectivity index (χ1) is 9.40. The summed E-state index contributed by atoms with van der Waals surface area (Å²) in [6.45, 7) is 2.69. The van der Waals surface area contributed by atoms with Crippen molar-refractivity contribution in [3.05, 3.63) is 4.88 Å². The van der Waals surface area contributed by atoms with Crippen LogP contribution in [0.5, 0.6) is 0 Å². The molecule has 0 saturated carbocycles. The van der Waals surface area contributed by atoms with E-state index in [-0.39, 0.29) is 27.3 Å². The zero-order valence-corrected chi connectivity index (χ0v) is 12.8. The van der Waals surface area contributed by atoms with Gasteiger partial charge in [-0.1, -0.05) is 6.92 Å². The molecule has 20 heavy (non-hydrogen) atoms. The van der Waals surface area contributed by atoms with E-state index in [0.29, 0.717) is 30.9 Å². The summed E-state index contributed by atoms with van der Waals surface area (Å²) in [4.78, 5) is 2.22. The molecule has 1 aromatic heterocycles. The van der Waals surface area contributed by atoms with Crippen molar-refractivity contribution in [1.82, 2.24) is 0 Å². The number of nitrogens with two attached hydrogens (primary N) is 1. The van der Waals surface area contributed by atoms with Gasteiger partial charge in [0.1, 0.15) is 20.8 Å². The standard InChI is InChI=1S/C12H17N3O3S2/c1-2-20(17,18)11-10(14)9(7-13)19-12(11)15-5-3-8(16)4-6-15/h8,16H,2-6,14H2,1H3. The molecule has 1 aliphatic heterocycles. The molecule has 0 aliphatic carbocycles. The van der Waals surface area contributed by atoms with Crippen molar-refractivity contribution in [3.63, 3.8) is 0 Å². The maximum absolute atomic E-state index is 12.2. The summed E-state index contributed by atoms with van der Waals surface area (Å²) in [5, 5.41) is 19.1. The highest BCUT2D eigenvalue weighted by molar-refractivity contribution is 7.91. The molecule has 110 valence electrons. The number of anilines is 2. The summed E-state index contributed by atoms with van der Waals surface area (Å²) in [6.07, 6.45) is 0.835. The highest BCUT2D eigenvalue weighted by Gasteiger charge is 2.30. The molecule has 2 heterocycles. The van der Waals surface area contributed by atoms with Gasteiger partial charge in [0, 0.05) is 13.1 Å². The van der Waals surface area contributed by atoms with Crippen LogP contribution in [-0.4, -0.2) is 38.5 Å². The fourth-order valence-electron chi connectivity index (χ4n) is 2.22. The van der Waals surface area contributed by atoms with Gasteiger partial charge in [-0.25, -0.2) is 8.42 Å². The van der Waals surface area contributed by atoms with E-state index < -0.39 is 9.84 Å². The summed E-state index contributed by atoms with van der Waals surface area (Å²) < 4.78 is 24.4. The SMILES string of the molecule is CCS(=O)(=O)c1c(N2CCC(O)CC2)sc(C#N)c1N. The Labute approximate surface area is 122 Å². The molecule has 1 aliphatic rings. The van der Waals surface area contributed by atoms with E-state index in [0.717, 1.165) is 11.3 Å². The molecule has 1 fully saturated rings. The molecule has 0 aromatic carbocycles. The van der Waals surface area contributed by atoms with Crippen molar-refractivity contribution in [3.8, 4) is 6.07 Å². The molecule has 0 bridgehead atoms. The zero-order valence-electron chi connectivity index (χ0n) is 11.2. The Hall–Kier alpha value is -1.30. The van der Waals surface area contributed by atoms with Crippen LogP contribution in [0.2, 0.25) is 0 Å². The number of piperidine rings is 1. The number of aliphatic hydroxyl groups excluding tert-OH is 1. The molecular formula is C12H17N3O3S2. The van der Waals surface area contributed by atoms with Crippen LogP contribution in [0, 0.1) is 11.3 Å². The van der Waals surface area contributed by atoms with Crippen LogP contribution in [0.1, 0.15) is 24.6 Å². The maximum atomic E-state index is 12.2. The number of aliphatic hydroxyl groups is 1. The van der Waals surface area contributed by atoms with Gasteiger partial charge in [-0.05, 0) is 12.8 Å². The Morgan fingerprint density at radius 1 is 1.50 bits per heavy atom. The number of nitriles is 1. The third-order valence-corrected chi connectivity index (χ3v) is 6.52. The van der Waals surface area contributed by atoms with Gasteiger partial charge in [0.15, 0.2) is 9.84 Å². The van der Waals surface area contributed by atoms with E-state index in [1.54, 1.807) is 6.92 Å². The van der Waals surface area contributed by atoms with E-state index >= 15 is 0 Å². The second kappa shape index (κ2) is 5.60. The molecular weight excluding hydrogens is 298 g/mol. The molecule has 0 atom stereocenters. The second-order valence-electron chi connectivity index (χ2n) is 4.71. The number of sulfone groups is 1. The number of nitrogen functional groups attached to an aromatic ring is 1. The van der Waals surface area contributed by atoms with Crippen LogP contribution in [0.4, 0.5) is 10.7 Å². The maximum Gasteiger partial charge on any atom is 0.183 e. The fraction of sp³-hybridized carbons (Fsp3) is 0.583. The first-order valence-corrected chi connectivity index (χ1v) is 8.85. The van der Waals surface area contributed by atoms with Crippen molar-refractivity contribution in [2.45, 2.75) is 30.8 Å². The molecule has 3 N–H and O–H groups in total. The van der Waals surface area contributed by atoms with Gasteiger partial charge in [0.2, 0.25) is 0 Å². The van der Waals surface area contributed by atoms with Gasteiger partial charge < -0.3 is 15.7 Å². The summed E-state index contributed by atoms with van der Waals surface area (Å²) >= 11 is 1.12. The van der Waals surface area contributed by atoms with Gasteiger partial charge in [0.25, 0.3) is 0 Å². The first kappa shape index (κ1) is 15.1. The third-order valence-electron chi connectivity index (χ3n) is 3.43. The number of thiophene rings is 1. The molecule has 0 amide bonds. The third kappa shape index (κ3) is 2.61. The van der Waals surface area contributed by atoms with Crippen molar-refractivity contribution >= 4 is 31.9 Å². The topological polar surface area (TPSA) is 107 Å². The Bertz CT molecular complexity index is 638. The highest BCUT2D eigenvalue weighted by atomic mass is 32.2. The second-order valence-corrected chi connectivity index (χ2v) is 7.93. The van der Waals surface area contributed by atoms with Gasteiger partial charge in [0.05, 0.1) is 17.5 Å². The van der Waals surface area contributed by atoms with Crippen LogP contribution >= 0.6 is 11.3 Å². The van der Waals surface area contributed by atoms with Crippen LogP contribution in [-0.2, 0) is 9.84 Å². The number of hydrogen-bond acceptors (Lipinski definition) is 7. The highest BCUT2D eigenvalue weighted by Crippen LogP contribution is 2.42. The molecule has 6 nitrogen and oxygen atoms in total. The quantitative estimate of drug-likeness (QED) is 0.860. The lowest BCUT2D eigenvalue weighted by Gasteiger charge is -2.30. The lowest BCUT2D eigenvalue weighted by atomic mass is 10.1. The molecule has 0 unspecified atom stereocenters. The molecule has 0 radical (unpaired) electrons. The van der Waals surface area contributed by atoms with Crippen molar-refractivity contribution < 1.29 is 13.5 Å². The van der Waals surface area contributed by atoms with E-state index in [2.05, 4.69) is 0 Å². The van der Waals surface area contributed by atoms with Crippen molar-refractivity contribution in [2.24, 2.45) is 0 Å². The first-order valence-electron chi connectivity index (χ1n) is 6.38. The number of hydrogen-bond donors (Lipinski definition) is 2. The largest absolute Gasteiger partial charge is 0.396 e. The molecule has 0 spiro atoms. The lowest BCUT2D eigenvalue weighted by Crippen LogP contribution is -2.36. The summed E-state index contributed by atoms with van der Waals surface area (Å²) in [6, 6.07) is 1.95. The monoisotopic (exact) mass is 315 g/mol. The van der Waals surface area contributed by atoms with Crippen LogP contribution in [0.3, 0.4) is 0 Å². The summed E-state index contributed by atoms with van der Waals surface area (Å²) in [7, 11) is -3.48. The van der Waals surface area contributed by atoms with Gasteiger partial charge in [-0.15, -0.1) is 11.3 Å². The number of nitrogens with zero attached hydrogens (tertiary/aromatic N) is 2. The van der Waals surface area contributed by atoms with Gasteiger partial charge in [-0.3, -0.25) is 0 Å². The average Bonchev–Trinajstić information content (AvgIpc) is 2.77. The van der Waals surface area contributed by atoms with E-state index in [9.17, 15) is 13.5 Å². The van der Waals surface area contributed by atoms with Gasteiger partial charge >= 0.3 is 0 Å². The van der Waals surface area contributed by atoms with E-state index in [4.69, 9.17) is 11.0 Å². The Balaban J connectivity index is 2.50. The predicted molar refractivity (Wildman–Crippen MR) is 78.6 cm³/mol. The van der Waals surface area contributed by atoms with Crippen molar-refractivity contribution in [2.75, 3.05) is 29.5 Å². The number of rotatable bonds is 3. The Morgan fingerprint density at radius 2 is 2.10 bits per heavy atom. The Kier molecular flexibility index (Phi) is 4.22. The average molecular weight is 315 g/mol. The predicted octanol–water partition coefficient (Wildman–Crippen LogP) is 0.957.